The van der Waals surface area contributed by atoms with Gasteiger partial charge in [0.05, 0.1) is 11.2 Å². The van der Waals surface area contributed by atoms with Crippen molar-refractivity contribution in [2.24, 2.45) is 0 Å². The normalized spacial score (nSPS) is 10.3. The summed E-state index contributed by atoms with van der Waals surface area (Å²) < 4.78 is 0. The van der Waals surface area contributed by atoms with E-state index in [0.717, 1.165) is 30.0 Å². The lowest BCUT2D eigenvalue weighted by Crippen LogP contribution is -2.06. The van der Waals surface area contributed by atoms with E-state index in [-0.39, 0.29) is 0 Å². The quantitative estimate of drug-likeness (QED) is 0.798. The van der Waals surface area contributed by atoms with Crippen molar-refractivity contribution in [3.63, 3.8) is 0 Å². The van der Waals surface area contributed by atoms with Gasteiger partial charge in [-0.1, -0.05) is 6.07 Å². The van der Waals surface area contributed by atoms with Crippen LogP contribution in [0.25, 0.3) is 0 Å². The van der Waals surface area contributed by atoms with Gasteiger partial charge in [0.25, 0.3) is 0 Å². The molecule has 1 heterocycles. The largest absolute Gasteiger partial charge is 0.399 e. The van der Waals surface area contributed by atoms with Crippen LogP contribution in [-0.4, -0.2) is 11.5 Å². The molecule has 0 spiro atoms. The number of benzene rings is 1. The first-order valence-corrected chi connectivity index (χ1v) is 6.17. The van der Waals surface area contributed by atoms with E-state index in [0.29, 0.717) is 0 Å². The minimum absolute atomic E-state index is 0.793. The number of rotatable bonds is 4. The van der Waals surface area contributed by atoms with E-state index in [9.17, 15) is 0 Å². The molecule has 1 aromatic heterocycles. The number of thiazole rings is 1. The number of hydrogen-bond acceptors (Lipinski definition) is 4. The Bertz CT molecular complexity index is 451. The molecule has 2 rings (SSSR count). The topological polar surface area (TPSA) is 50.9 Å². The Morgan fingerprint density at radius 2 is 2.31 bits per heavy atom. The third-order valence-corrected chi connectivity index (χ3v) is 3.08. The lowest BCUT2D eigenvalue weighted by atomic mass is 10.2. The molecular formula is C12H15N3S. The van der Waals surface area contributed by atoms with Gasteiger partial charge in [-0.2, -0.15) is 0 Å². The highest BCUT2D eigenvalue weighted by Crippen LogP contribution is 2.17. The summed E-state index contributed by atoms with van der Waals surface area (Å²) >= 11 is 1.63. The van der Waals surface area contributed by atoms with Gasteiger partial charge in [-0.25, -0.2) is 4.98 Å². The molecule has 0 fully saturated rings. The number of nitrogen functional groups attached to an aromatic ring is 1. The fourth-order valence-electron chi connectivity index (χ4n) is 1.52. The number of nitrogens with one attached hydrogen (secondary N) is 1. The molecule has 3 nitrogen and oxygen atoms in total. The highest BCUT2D eigenvalue weighted by molar-refractivity contribution is 7.07. The molecule has 16 heavy (non-hydrogen) atoms. The van der Waals surface area contributed by atoms with Crippen LogP contribution in [0.1, 0.15) is 11.3 Å². The van der Waals surface area contributed by atoms with Crippen molar-refractivity contribution in [1.82, 2.24) is 4.98 Å². The smallest absolute Gasteiger partial charge is 0.0794 e. The van der Waals surface area contributed by atoms with Crippen LogP contribution in [0.5, 0.6) is 0 Å². The average Bonchev–Trinajstić information content (AvgIpc) is 2.76. The maximum atomic E-state index is 5.74. The second-order valence-electron chi connectivity index (χ2n) is 3.73. The van der Waals surface area contributed by atoms with Crippen molar-refractivity contribution in [2.45, 2.75) is 13.3 Å². The molecule has 4 heteroatoms. The van der Waals surface area contributed by atoms with Crippen LogP contribution in [0.15, 0.2) is 29.1 Å². The fraction of sp³-hybridized carbons (Fsp3) is 0.250. The molecule has 0 atom stereocenters. The molecular weight excluding hydrogens is 218 g/mol. The Morgan fingerprint density at radius 3 is 3.06 bits per heavy atom. The summed E-state index contributed by atoms with van der Waals surface area (Å²) in [5, 5.41) is 5.45. The fourth-order valence-corrected chi connectivity index (χ4v) is 2.11. The van der Waals surface area contributed by atoms with E-state index in [1.165, 1.54) is 5.56 Å². The molecule has 0 aliphatic rings. The van der Waals surface area contributed by atoms with E-state index >= 15 is 0 Å². The molecule has 2 aromatic rings. The van der Waals surface area contributed by atoms with Gasteiger partial charge < -0.3 is 11.1 Å². The van der Waals surface area contributed by atoms with Gasteiger partial charge in [0, 0.05) is 29.7 Å². The maximum absolute atomic E-state index is 5.74. The van der Waals surface area contributed by atoms with Gasteiger partial charge in [-0.05, 0) is 24.6 Å². The predicted octanol–water partition coefficient (Wildman–Crippen LogP) is 2.69. The zero-order chi connectivity index (χ0) is 11.4. The molecule has 0 aliphatic heterocycles. The van der Waals surface area contributed by atoms with Crippen LogP contribution in [0.4, 0.5) is 11.4 Å². The van der Waals surface area contributed by atoms with Crippen molar-refractivity contribution in [3.05, 3.63) is 40.3 Å². The summed E-state index contributed by atoms with van der Waals surface area (Å²) in [6.07, 6.45) is 0.942. The molecule has 0 amide bonds. The van der Waals surface area contributed by atoms with Gasteiger partial charge in [0.2, 0.25) is 0 Å². The SMILES string of the molecule is Cc1ccc(N)cc1NCCc1cscn1. The standard InChI is InChI=1S/C12H15N3S/c1-9-2-3-10(13)6-12(9)14-5-4-11-7-16-8-15-11/h2-3,6-8,14H,4-5,13H2,1H3. The minimum Gasteiger partial charge on any atom is -0.399 e. The van der Waals surface area contributed by atoms with Crippen molar-refractivity contribution >= 4 is 22.7 Å². The molecule has 0 unspecified atom stereocenters. The number of nitrogens with two attached hydrogens (primary N) is 1. The van der Waals surface area contributed by atoms with E-state index in [4.69, 9.17) is 5.73 Å². The zero-order valence-corrected chi connectivity index (χ0v) is 10.1. The summed E-state index contributed by atoms with van der Waals surface area (Å²) in [6.45, 7) is 2.96. The van der Waals surface area contributed by atoms with Crippen LogP contribution in [0.3, 0.4) is 0 Å². The first kappa shape index (κ1) is 11.0. The molecule has 0 bridgehead atoms. The number of anilines is 2. The number of aryl methyl sites for hydroxylation is 1. The van der Waals surface area contributed by atoms with Gasteiger partial charge in [0.15, 0.2) is 0 Å². The molecule has 0 saturated carbocycles. The average molecular weight is 233 g/mol. The second-order valence-corrected chi connectivity index (χ2v) is 4.45. The van der Waals surface area contributed by atoms with Crippen LogP contribution in [-0.2, 0) is 6.42 Å². The minimum atomic E-state index is 0.793. The molecule has 1 aromatic carbocycles. The van der Waals surface area contributed by atoms with Gasteiger partial charge >= 0.3 is 0 Å². The molecule has 0 radical (unpaired) electrons. The Hall–Kier alpha value is -1.55. The Balaban J connectivity index is 1.92. The Kier molecular flexibility index (Phi) is 3.41. The van der Waals surface area contributed by atoms with E-state index in [1.807, 2.05) is 23.7 Å². The van der Waals surface area contributed by atoms with Gasteiger partial charge in [0.1, 0.15) is 0 Å². The first-order valence-electron chi connectivity index (χ1n) is 5.23. The maximum Gasteiger partial charge on any atom is 0.0794 e. The predicted molar refractivity (Wildman–Crippen MR) is 69.9 cm³/mol. The van der Waals surface area contributed by atoms with Crippen molar-refractivity contribution in [2.75, 3.05) is 17.6 Å². The van der Waals surface area contributed by atoms with Gasteiger partial charge in [-0.15, -0.1) is 11.3 Å². The Labute approximate surface area is 99.3 Å². The zero-order valence-electron chi connectivity index (χ0n) is 9.23. The van der Waals surface area contributed by atoms with Crippen LogP contribution >= 0.6 is 11.3 Å². The highest BCUT2D eigenvalue weighted by atomic mass is 32.1. The lowest BCUT2D eigenvalue weighted by Gasteiger charge is -2.09. The van der Waals surface area contributed by atoms with E-state index in [1.54, 1.807) is 11.3 Å². The summed E-state index contributed by atoms with van der Waals surface area (Å²) in [4.78, 5) is 4.24. The summed E-state index contributed by atoms with van der Waals surface area (Å²) in [5.41, 5.74) is 11.9. The number of aromatic nitrogens is 1. The third-order valence-electron chi connectivity index (χ3n) is 2.44. The van der Waals surface area contributed by atoms with Crippen molar-refractivity contribution in [1.29, 1.82) is 0 Å². The first-order chi connectivity index (χ1) is 7.75. The monoisotopic (exact) mass is 233 g/mol. The van der Waals surface area contributed by atoms with E-state index < -0.39 is 0 Å². The molecule has 0 aliphatic carbocycles. The number of nitrogens with zero attached hydrogens (tertiary/aromatic N) is 1. The number of hydrogen-bond donors (Lipinski definition) is 2. The van der Waals surface area contributed by atoms with Crippen molar-refractivity contribution in [3.8, 4) is 0 Å². The highest BCUT2D eigenvalue weighted by Gasteiger charge is 1.99. The van der Waals surface area contributed by atoms with E-state index in [2.05, 4.69) is 22.6 Å². The lowest BCUT2D eigenvalue weighted by molar-refractivity contribution is 0.975. The molecule has 84 valence electrons. The van der Waals surface area contributed by atoms with Crippen LogP contribution < -0.4 is 11.1 Å². The second kappa shape index (κ2) is 4.99. The summed E-state index contributed by atoms with van der Waals surface area (Å²) in [7, 11) is 0. The third kappa shape index (κ3) is 2.73. The van der Waals surface area contributed by atoms with Crippen LogP contribution in [0.2, 0.25) is 0 Å². The van der Waals surface area contributed by atoms with Crippen molar-refractivity contribution < 1.29 is 0 Å². The summed E-state index contributed by atoms with van der Waals surface area (Å²) in [6, 6.07) is 5.91. The molecule has 3 N–H and O–H groups in total. The Morgan fingerprint density at radius 1 is 1.44 bits per heavy atom. The van der Waals surface area contributed by atoms with Gasteiger partial charge in [-0.3, -0.25) is 0 Å². The summed E-state index contributed by atoms with van der Waals surface area (Å²) in [5.74, 6) is 0. The van der Waals surface area contributed by atoms with Crippen LogP contribution in [0, 0.1) is 6.92 Å². The molecule has 0 saturated heterocycles.